The molecule has 196 valence electrons. The molecule has 3 aromatic rings. The number of ether oxygens (including phenoxy) is 1. The Morgan fingerprint density at radius 2 is 1.83 bits per heavy atom. The molecule has 1 aromatic carbocycles. The number of fused-ring (bicyclic) bond motifs is 1. The second-order valence-electron chi connectivity index (χ2n) is 7.89. The normalized spacial score (nSPS) is 24.3. The van der Waals surface area contributed by atoms with Crippen molar-refractivity contribution in [3.05, 3.63) is 62.6 Å². The van der Waals surface area contributed by atoms with Crippen LogP contribution in [0.25, 0.3) is 11.0 Å². The zero-order valence-electron chi connectivity index (χ0n) is 18.3. The monoisotopic (exact) mass is 549 g/mol. The van der Waals surface area contributed by atoms with E-state index in [0.717, 1.165) is 27.0 Å². The summed E-state index contributed by atoms with van der Waals surface area (Å²) in [5.41, 5.74) is -0.0494. The molecule has 0 amide bonds. The second kappa shape index (κ2) is 9.76. The summed E-state index contributed by atoms with van der Waals surface area (Å²) in [6.45, 7) is 0.584. The predicted octanol–water partition coefficient (Wildman–Crippen LogP) is -0.647. The summed E-state index contributed by atoms with van der Waals surface area (Å²) in [5, 5.41) is 25.2. The summed E-state index contributed by atoms with van der Waals surface area (Å²) < 4.78 is 42.8. The van der Waals surface area contributed by atoms with Gasteiger partial charge in [0.15, 0.2) is 11.8 Å². The van der Waals surface area contributed by atoms with E-state index in [4.69, 9.17) is 19.0 Å². The number of nitrogens with zero attached hydrogens (tertiary/aromatic N) is 3. The van der Waals surface area contributed by atoms with E-state index in [-0.39, 0.29) is 6.54 Å². The molecule has 2 aromatic heterocycles. The Morgan fingerprint density at radius 1 is 1.11 bits per heavy atom. The Hall–Kier alpha value is -2.49. The number of benzene rings is 1. The zero-order valence-corrected chi connectivity index (χ0v) is 20.1. The van der Waals surface area contributed by atoms with Crippen LogP contribution in [0, 0.1) is 6.92 Å². The topological polar surface area (TPSA) is 233 Å². The zero-order chi connectivity index (χ0) is 26.4. The first-order valence-electron chi connectivity index (χ1n) is 10.2. The number of aryl methyl sites for hydroxylation is 1. The van der Waals surface area contributed by atoms with Gasteiger partial charge in [0.05, 0.1) is 13.2 Å². The Morgan fingerprint density at radius 3 is 2.53 bits per heavy atom. The molecule has 1 aliphatic rings. The number of hydrogen-bond acceptors (Lipinski definition) is 11. The van der Waals surface area contributed by atoms with Crippen LogP contribution in [0.4, 0.5) is 0 Å². The molecular formula is C18H21N3O13P2. The van der Waals surface area contributed by atoms with Crippen molar-refractivity contribution in [3.8, 4) is 0 Å². The standard InChI is InChI=1S/C18H21N3O13P2/c1-9-3-2-4-11-14(9)10(19-33-11)7-21-13(22)5-6-20(18(21)25)17-16(24)15(23)12(32-17)8-31-36(29,30)34-35(26,27)28/h2-6,12,15-17,23-24H,7-8H2,1H3,(H,29,30)(H2,26,27,28)/t12-,15+,16+,17-/m1/s1. The van der Waals surface area contributed by atoms with Crippen LogP contribution in [0.15, 0.2) is 44.6 Å². The van der Waals surface area contributed by atoms with Crippen LogP contribution < -0.4 is 11.2 Å². The molecule has 5 N–H and O–H groups in total. The Balaban J connectivity index is 1.58. The van der Waals surface area contributed by atoms with Crippen molar-refractivity contribution in [3.63, 3.8) is 0 Å². The molecule has 5 atom stereocenters. The highest BCUT2D eigenvalue weighted by Gasteiger charge is 2.46. The number of hydrogen-bond donors (Lipinski definition) is 5. The van der Waals surface area contributed by atoms with Crippen LogP contribution >= 0.6 is 15.6 Å². The van der Waals surface area contributed by atoms with Crippen LogP contribution in [0.1, 0.15) is 17.5 Å². The first-order chi connectivity index (χ1) is 16.8. The fourth-order valence-corrected chi connectivity index (χ4v) is 5.39. The maximum Gasteiger partial charge on any atom is 0.481 e. The first-order valence-corrected chi connectivity index (χ1v) is 13.2. The third kappa shape index (κ3) is 5.43. The molecule has 1 aliphatic heterocycles. The van der Waals surface area contributed by atoms with Gasteiger partial charge in [-0.1, -0.05) is 17.3 Å². The maximum atomic E-state index is 13.1. The lowest BCUT2D eigenvalue weighted by molar-refractivity contribution is -0.0547. The average Bonchev–Trinajstić information content (AvgIpc) is 3.30. The van der Waals surface area contributed by atoms with Crippen LogP contribution in [0.3, 0.4) is 0 Å². The van der Waals surface area contributed by atoms with Gasteiger partial charge in [-0.2, -0.15) is 4.31 Å². The SMILES string of the molecule is Cc1cccc2onc(Cn3c(=O)ccn([C@@H]4O[C@H](COP(=O)(O)OP(=O)(O)O)[C@H](O)[C@@H]4O)c3=O)c12. The Labute approximate surface area is 200 Å². The Kier molecular flexibility index (Phi) is 7.20. The number of rotatable bonds is 8. The van der Waals surface area contributed by atoms with Gasteiger partial charge >= 0.3 is 21.3 Å². The predicted molar refractivity (Wildman–Crippen MR) is 118 cm³/mol. The van der Waals surface area contributed by atoms with E-state index in [1.165, 1.54) is 0 Å². The van der Waals surface area contributed by atoms with Crippen molar-refractivity contribution in [1.82, 2.24) is 14.3 Å². The van der Waals surface area contributed by atoms with Gasteiger partial charge in [0.1, 0.15) is 24.0 Å². The third-order valence-electron chi connectivity index (χ3n) is 5.40. The van der Waals surface area contributed by atoms with E-state index >= 15 is 0 Å². The van der Waals surface area contributed by atoms with E-state index in [2.05, 4.69) is 14.0 Å². The smallest absolute Gasteiger partial charge is 0.387 e. The molecule has 0 radical (unpaired) electrons. The lowest BCUT2D eigenvalue weighted by Gasteiger charge is -2.19. The molecule has 0 aliphatic carbocycles. The fourth-order valence-electron chi connectivity index (χ4n) is 3.79. The minimum absolute atomic E-state index is 0.276. The second-order valence-corrected chi connectivity index (χ2v) is 10.7. The van der Waals surface area contributed by atoms with E-state index in [1.807, 2.05) is 0 Å². The molecule has 0 spiro atoms. The van der Waals surface area contributed by atoms with Gasteiger partial charge in [0.25, 0.3) is 5.56 Å². The number of phosphoric acid groups is 2. The molecule has 36 heavy (non-hydrogen) atoms. The van der Waals surface area contributed by atoms with Crippen molar-refractivity contribution in [2.75, 3.05) is 6.61 Å². The molecule has 1 fully saturated rings. The van der Waals surface area contributed by atoms with Crippen LogP contribution in [0.2, 0.25) is 0 Å². The van der Waals surface area contributed by atoms with Gasteiger partial charge in [-0.25, -0.2) is 13.9 Å². The number of aromatic nitrogens is 3. The van der Waals surface area contributed by atoms with Crippen molar-refractivity contribution in [2.24, 2.45) is 0 Å². The molecule has 0 saturated carbocycles. The molecule has 18 heteroatoms. The van der Waals surface area contributed by atoms with E-state index in [1.54, 1.807) is 25.1 Å². The van der Waals surface area contributed by atoms with Gasteiger partial charge < -0.3 is 34.2 Å². The van der Waals surface area contributed by atoms with Gasteiger partial charge in [-0.15, -0.1) is 0 Å². The molecule has 16 nitrogen and oxygen atoms in total. The number of aliphatic hydroxyl groups excluding tert-OH is 2. The van der Waals surface area contributed by atoms with E-state index in [0.29, 0.717) is 16.7 Å². The van der Waals surface area contributed by atoms with E-state index in [9.17, 15) is 33.8 Å². The minimum atomic E-state index is -5.38. The van der Waals surface area contributed by atoms with Gasteiger partial charge in [0.2, 0.25) is 0 Å². The molecule has 0 bridgehead atoms. The summed E-state index contributed by atoms with van der Waals surface area (Å²) in [6, 6.07) is 6.26. The minimum Gasteiger partial charge on any atom is -0.387 e. The summed E-state index contributed by atoms with van der Waals surface area (Å²) in [5.74, 6) is 0. The number of phosphoric ester groups is 1. The van der Waals surface area contributed by atoms with E-state index < -0.39 is 58.0 Å². The van der Waals surface area contributed by atoms with Crippen molar-refractivity contribution >= 4 is 26.6 Å². The van der Waals surface area contributed by atoms with Crippen molar-refractivity contribution in [1.29, 1.82) is 0 Å². The molecule has 3 heterocycles. The third-order valence-corrected chi connectivity index (χ3v) is 7.56. The lowest BCUT2D eigenvalue weighted by Crippen LogP contribution is -2.43. The molecule has 1 saturated heterocycles. The average molecular weight is 549 g/mol. The van der Waals surface area contributed by atoms with Crippen LogP contribution in [-0.4, -0.2) is 64.1 Å². The largest absolute Gasteiger partial charge is 0.481 e. The quantitative estimate of drug-likeness (QED) is 0.220. The van der Waals surface area contributed by atoms with Gasteiger partial charge in [-0.05, 0) is 18.6 Å². The highest BCUT2D eigenvalue weighted by Crippen LogP contribution is 2.57. The fraction of sp³-hybridized carbons (Fsp3) is 0.389. The summed E-state index contributed by atoms with van der Waals surface area (Å²) in [6.07, 6.45) is -5.53. The van der Waals surface area contributed by atoms with Gasteiger partial charge in [0, 0.05) is 17.6 Å². The van der Waals surface area contributed by atoms with Gasteiger partial charge in [-0.3, -0.25) is 18.5 Å². The first kappa shape index (κ1) is 26.6. The Bertz CT molecular complexity index is 1490. The summed E-state index contributed by atoms with van der Waals surface area (Å²) >= 11 is 0. The summed E-state index contributed by atoms with van der Waals surface area (Å²) in [4.78, 5) is 52.3. The van der Waals surface area contributed by atoms with Crippen LogP contribution in [-0.2, 0) is 29.2 Å². The molecule has 1 unspecified atom stereocenters. The van der Waals surface area contributed by atoms with Crippen LogP contribution in [0.5, 0.6) is 0 Å². The number of aliphatic hydroxyl groups is 2. The highest BCUT2D eigenvalue weighted by atomic mass is 31.3. The molecule has 4 rings (SSSR count). The van der Waals surface area contributed by atoms with Crippen molar-refractivity contribution in [2.45, 2.75) is 38.0 Å². The van der Waals surface area contributed by atoms with Crippen molar-refractivity contribution < 1.29 is 52.1 Å². The molecular weight excluding hydrogens is 528 g/mol. The summed E-state index contributed by atoms with van der Waals surface area (Å²) in [7, 11) is -10.6. The highest BCUT2D eigenvalue weighted by molar-refractivity contribution is 7.60. The maximum absolute atomic E-state index is 13.1. The lowest BCUT2D eigenvalue weighted by atomic mass is 10.1.